The number of hydrogen-bond donors (Lipinski definition) is 0. The van der Waals surface area contributed by atoms with Gasteiger partial charge >= 0.3 is 17.9 Å². The molecular formula is C50H96O6. The van der Waals surface area contributed by atoms with E-state index in [0.29, 0.717) is 19.3 Å². The molecule has 332 valence electrons. The van der Waals surface area contributed by atoms with Crippen LogP contribution in [0.3, 0.4) is 0 Å². The van der Waals surface area contributed by atoms with Crippen LogP contribution in [0.15, 0.2) is 0 Å². The van der Waals surface area contributed by atoms with Gasteiger partial charge in [-0.25, -0.2) is 0 Å². The first-order valence-electron chi connectivity index (χ1n) is 24.8. The molecule has 0 fully saturated rings. The van der Waals surface area contributed by atoms with Crippen LogP contribution in [-0.4, -0.2) is 37.2 Å². The molecule has 0 amide bonds. The Kier molecular flexibility index (Phi) is 41.8. The minimum atomic E-state index is -0.759. The van der Waals surface area contributed by atoms with Gasteiger partial charge in [0, 0.05) is 19.3 Å². The Balaban J connectivity index is 4.06. The molecule has 0 radical (unpaired) electrons. The summed E-state index contributed by atoms with van der Waals surface area (Å²) in [6.45, 7) is 11.3. The molecule has 0 aromatic heterocycles. The van der Waals surface area contributed by atoms with Crippen molar-refractivity contribution in [2.75, 3.05) is 13.2 Å². The standard InChI is InChI=1S/C50H96O6/c1-6-8-9-10-23-32-37-42-50(53)56-47(44-55-49(52)41-36-31-27-26-28-33-38-45(3)4)43-54-48(51)40-35-30-25-22-20-18-16-14-12-11-13-15-17-19-21-24-29-34-39-46(5)7-2/h45-47H,6-44H2,1-5H3/t46?,47-/m1/s1. The Morgan fingerprint density at radius 3 is 1.02 bits per heavy atom. The van der Waals surface area contributed by atoms with Crippen molar-refractivity contribution in [1.29, 1.82) is 0 Å². The molecular weight excluding hydrogens is 697 g/mol. The Bertz CT molecular complexity index is 856. The summed E-state index contributed by atoms with van der Waals surface area (Å²) in [5.74, 6) is 0.809. The fourth-order valence-corrected chi connectivity index (χ4v) is 7.43. The molecule has 0 aromatic rings. The van der Waals surface area contributed by atoms with Gasteiger partial charge in [0.2, 0.25) is 0 Å². The highest BCUT2D eigenvalue weighted by atomic mass is 16.6. The molecule has 6 heteroatoms. The molecule has 0 aromatic carbocycles. The van der Waals surface area contributed by atoms with E-state index < -0.39 is 6.10 Å². The summed E-state index contributed by atoms with van der Waals surface area (Å²) in [4.78, 5) is 37.6. The maximum atomic E-state index is 12.6. The van der Waals surface area contributed by atoms with Gasteiger partial charge in [0.05, 0.1) is 0 Å². The van der Waals surface area contributed by atoms with Gasteiger partial charge < -0.3 is 14.2 Å². The number of hydrogen-bond acceptors (Lipinski definition) is 6. The van der Waals surface area contributed by atoms with Crippen molar-refractivity contribution in [3.63, 3.8) is 0 Å². The van der Waals surface area contributed by atoms with E-state index in [4.69, 9.17) is 14.2 Å². The molecule has 0 rings (SSSR count). The van der Waals surface area contributed by atoms with Crippen LogP contribution >= 0.6 is 0 Å². The van der Waals surface area contributed by atoms with E-state index in [1.165, 1.54) is 161 Å². The molecule has 6 nitrogen and oxygen atoms in total. The van der Waals surface area contributed by atoms with E-state index in [-0.39, 0.29) is 31.1 Å². The van der Waals surface area contributed by atoms with Crippen LogP contribution in [0.25, 0.3) is 0 Å². The molecule has 1 unspecified atom stereocenters. The second kappa shape index (κ2) is 43.0. The van der Waals surface area contributed by atoms with Gasteiger partial charge in [0.1, 0.15) is 13.2 Å². The molecule has 2 atom stereocenters. The largest absolute Gasteiger partial charge is 0.462 e. The molecule has 0 aliphatic rings. The van der Waals surface area contributed by atoms with Gasteiger partial charge in [0.25, 0.3) is 0 Å². The molecule has 0 N–H and O–H groups in total. The average molecular weight is 793 g/mol. The van der Waals surface area contributed by atoms with E-state index >= 15 is 0 Å². The van der Waals surface area contributed by atoms with E-state index in [1.54, 1.807) is 0 Å². The Morgan fingerprint density at radius 2 is 0.679 bits per heavy atom. The van der Waals surface area contributed by atoms with E-state index in [1.807, 2.05) is 0 Å². The van der Waals surface area contributed by atoms with Crippen molar-refractivity contribution >= 4 is 17.9 Å². The van der Waals surface area contributed by atoms with Crippen LogP contribution in [-0.2, 0) is 28.6 Å². The zero-order chi connectivity index (χ0) is 41.2. The van der Waals surface area contributed by atoms with Crippen molar-refractivity contribution in [1.82, 2.24) is 0 Å². The van der Waals surface area contributed by atoms with Crippen molar-refractivity contribution in [3.8, 4) is 0 Å². The maximum absolute atomic E-state index is 12.6. The van der Waals surface area contributed by atoms with Crippen molar-refractivity contribution in [3.05, 3.63) is 0 Å². The van der Waals surface area contributed by atoms with Crippen LogP contribution in [0.4, 0.5) is 0 Å². The fourth-order valence-electron chi connectivity index (χ4n) is 7.43. The zero-order valence-electron chi connectivity index (χ0n) is 38.3. The van der Waals surface area contributed by atoms with Crippen molar-refractivity contribution < 1.29 is 28.6 Å². The Labute approximate surface area is 348 Å². The fraction of sp³-hybridized carbons (Fsp3) is 0.940. The summed E-state index contributed by atoms with van der Waals surface area (Å²) in [7, 11) is 0. The van der Waals surface area contributed by atoms with Crippen molar-refractivity contribution in [2.45, 2.75) is 278 Å². The third kappa shape index (κ3) is 42.0. The lowest BCUT2D eigenvalue weighted by molar-refractivity contribution is -0.167. The lowest BCUT2D eigenvalue weighted by Gasteiger charge is -2.18. The molecule has 0 heterocycles. The second-order valence-electron chi connectivity index (χ2n) is 17.8. The van der Waals surface area contributed by atoms with E-state index in [9.17, 15) is 14.4 Å². The zero-order valence-corrected chi connectivity index (χ0v) is 38.3. The Morgan fingerprint density at radius 1 is 0.375 bits per heavy atom. The monoisotopic (exact) mass is 793 g/mol. The minimum absolute atomic E-state index is 0.0655. The lowest BCUT2D eigenvalue weighted by atomic mass is 9.99. The topological polar surface area (TPSA) is 78.9 Å². The maximum Gasteiger partial charge on any atom is 0.306 e. The number of rotatable bonds is 44. The molecule has 56 heavy (non-hydrogen) atoms. The highest BCUT2D eigenvalue weighted by molar-refractivity contribution is 5.71. The molecule has 0 spiro atoms. The summed E-state index contributed by atoms with van der Waals surface area (Å²) >= 11 is 0. The van der Waals surface area contributed by atoms with Gasteiger partial charge in [-0.15, -0.1) is 0 Å². The third-order valence-corrected chi connectivity index (χ3v) is 11.6. The van der Waals surface area contributed by atoms with Gasteiger partial charge in [0.15, 0.2) is 6.10 Å². The predicted octanol–water partition coefficient (Wildman–Crippen LogP) is 15.8. The SMILES string of the molecule is CCCCCCCCCC(=O)O[C@H](COC(=O)CCCCCCCCCCCCCCCCCCCCC(C)CC)COC(=O)CCCCCCCCC(C)C. The van der Waals surface area contributed by atoms with Crippen LogP contribution in [0.1, 0.15) is 272 Å². The molecule has 0 aliphatic carbocycles. The lowest BCUT2D eigenvalue weighted by Crippen LogP contribution is -2.30. The van der Waals surface area contributed by atoms with Gasteiger partial charge in [-0.1, -0.05) is 234 Å². The summed E-state index contributed by atoms with van der Waals surface area (Å²) in [5.41, 5.74) is 0. The summed E-state index contributed by atoms with van der Waals surface area (Å²) in [6.07, 6.45) is 42.6. The van der Waals surface area contributed by atoms with E-state index in [0.717, 1.165) is 69.6 Å². The predicted molar refractivity (Wildman–Crippen MR) is 238 cm³/mol. The molecule has 0 saturated carbocycles. The highest BCUT2D eigenvalue weighted by Gasteiger charge is 2.19. The van der Waals surface area contributed by atoms with Gasteiger partial charge in [-0.2, -0.15) is 0 Å². The van der Waals surface area contributed by atoms with E-state index in [2.05, 4.69) is 34.6 Å². The normalized spacial score (nSPS) is 12.5. The second-order valence-corrected chi connectivity index (χ2v) is 17.8. The smallest absolute Gasteiger partial charge is 0.306 e. The average Bonchev–Trinajstić information content (AvgIpc) is 3.18. The molecule has 0 aliphatic heterocycles. The highest BCUT2D eigenvalue weighted by Crippen LogP contribution is 2.18. The van der Waals surface area contributed by atoms with Crippen LogP contribution in [0.2, 0.25) is 0 Å². The minimum Gasteiger partial charge on any atom is -0.462 e. The van der Waals surface area contributed by atoms with Crippen LogP contribution < -0.4 is 0 Å². The first-order chi connectivity index (χ1) is 27.3. The first-order valence-corrected chi connectivity index (χ1v) is 24.8. The van der Waals surface area contributed by atoms with Gasteiger partial charge in [-0.3, -0.25) is 14.4 Å². The number of carbonyl (C=O) groups excluding carboxylic acids is 3. The number of ether oxygens (including phenoxy) is 3. The van der Waals surface area contributed by atoms with Crippen LogP contribution in [0.5, 0.6) is 0 Å². The van der Waals surface area contributed by atoms with Crippen LogP contribution in [0, 0.1) is 11.8 Å². The summed E-state index contributed by atoms with van der Waals surface area (Å²) in [5, 5.41) is 0. The van der Waals surface area contributed by atoms with Gasteiger partial charge in [-0.05, 0) is 31.1 Å². The first kappa shape index (κ1) is 54.4. The Hall–Kier alpha value is -1.59. The molecule has 0 saturated heterocycles. The number of unbranched alkanes of at least 4 members (excludes halogenated alkanes) is 28. The van der Waals surface area contributed by atoms with Crippen molar-refractivity contribution in [2.24, 2.45) is 11.8 Å². The quantitative estimate of drug-likeness (QED) is 0.0347. The number of esters is 3. The number of carbonyl (C=O) groups is 3. The molecule has 0 bridgehead atoms. The summed E-state index contributed by atoms with van der Waals surface area (Å²) in [6, 6.07) is 0. The third-order valence-electron chi connectivity index (χ3n) is 11.6. The summed E-state index contributed by atoms with van der Waals surface area (Å²) < 4.78 is 16.7.